The van der Waals surface area contributed by atoms with Crippen LogP contribution in [0, 0.1) is 12.3 Å². The molecule has 4 heteroatoms. The van der Waals surface area contributed by atoms with Crippen molar-refractivity contribution < 1.29 is 9.53 Å². The fourth-order valence-corrected chi connectivity index (χ4v) is 1.71. The lowest BCUT2D eigenvalue weighted by Crippen LogP contribution is -2.20. The van der Waals surface area contributed by atoms with E-state index in [2.05, 4.69) is 16.1 Å². The van der Waals surface area contributed by atoms with Gasteiger partial charge in [-0.2, -0.15) is 0 Å². The number of ether oxygens (including phenoxy) is 1. The normalized spacial score (nSPS) is 10.2. The van der Waals surface area contributed by atoms with Crippen LogP contribution in [0.4, 0.5) is 0 Å². The molecule has 0 atom stereocenters. The van der Waals surface area contributed by atoms with E-state index in [9.17, 15) is 4.79 Å². The van der Waals surface area contributed by atoms with Crippen LogP contribution in [0.25, 0.3) is 0 Å². The van der Waals surface area contributed by atoms with Crippen molar-refractivity contribution in [3.63, 3.8) is 0 Å². The number of benzene rings is 1. The van der Waals surface area contributed by atoms with Gasteiger partial charge in [-0.3, -0.25) is 4.79 Å². The number of nitrogens with one attached hydrogen (secondary N) is 1. The minimum absolute atomic E-state index is 0.0652. The zero-order chi connectivity index (χ0) is 15.0. The van der Waals surface area contributed by atoms with Crippen molar-refractivity contribution in [3.05, 3.63) is 29.3 Å². The van der Waals surface area contributed by atoms with E-state index in [4.69, 9.17) is 11.2 Å². The monoisotopic (exact) mass is 274 g/mol. The Labute approximate surface area is 121 Å². The molecule has 0 fully saturated rings. The topological polar surface area (TPSA) is 41.6 Å². The smallest absolute Gasteiger partial charge is 0.217 e. The average Bonchev–Trinajstić information content (AvgIpc) is 2.41. The molecule has 0 spiro atoms. The highest BCUT2D eigenvalue weighted by atomic mass is 16.5. The van der Waals surface area contributed by atoms with Crippen LogP contribution in [-0.4, -0.2) is 38.1 Å². The van der Waals surface area contributed by atoms with Crippen molar-refractivity contribution in [2.45, 2.75) is 19.9 Å². The SMILES string of the molecule is C#Cc1ccc(CNC(C)=O)c(OCCCN(C)C)c1. The molecule has 1 aromatic carbocycles. The standard InChI is InChI=1S/C16H22N2O2/c1-5-14-7-8-15(12-17-13(2)19)16(11-14)20-10-6-9-18(3)4/h1,7-8,11H,6,9-10,12H2,2-4H3,(H,17,19). The summed E-state index contributed by atoms with van der Waals surface area (Å²) in [5.74, 6) is 3.27. The molecule has 0 aromatic heterocycles. The van der Waals surface area contributed by atoms with Gasteiger partial charge in [0.15, 0.2) is 0 Å². The fraction of sp³-hybridized carbons (Fsp3) is 0.438. The second kappa shape index (κ2) is 8.23. The van der Waals surface area contributed by atoms with Gasteiger partial charge in [0, 0.05) is 31.1 Å². The van der Waals surface area contributed by atoms with Gasteiger partial charge in [0.1, 0.15) is 5.75 Å². The van der Waals surface area contributed by atoms with E-state index in [1.807, 2.05) is 32.3 Å². The zero-order valence-corrected chi connectivity index (χ0v) is 12.4. The predicted molar refractivity (Wildman–Crippen MR) is 80.6 cm³/mol. The first-order valence-electron chi connectivity index (χ1n) is 6.64. The Morgan fingerprint density at radius 2 is 2.20 bits per heavy atom. The number of terminal acetylenes is 1. The van der Waals surface area contributed by atoms with E-state index < -0.39 is 0 Å². The van der Waals surface area contributed by atoms with Crippen molar-refractivity contribution in [2.24, 2.45) is 0 Å². The molecule has 0 aliphatic rings. The second-order valence-electron chi connectivity index (χ2n) is 4.88. The van der Waals surface area contributed by atoms with Gasteiger partial charge < -0.3 is 15.0 Å². The molecule has 1 aromatic rings. The van der Waals surface area contributed by atoms with Crippen molar-refractivity contribution in [3.8, 4) is 18.1 Å². The molecule has 108 valence electrons. The zero-order valence-electron chi connectivity index (χ0n) is 12.4. The van der Waals surface area contributed by atoms with E-state index in [0.717, 1.165) is 29.8 Å². The van der Waals surface area contributed by atoms with Gasteiger partial charge in [-0.1, -0.05) is 12.0 Å². The molecule has 0 aliphatic heterocycles. The molecule has 0 saturated carbocycles. The number of carbonyl (C=O) groups is 1. The van der Waals surface area contributed by atoms with Crippen LogP contribution >= 0.6 is 0 Å². The molecule has 1 rings (SSSR count). The Morgan fingerprint density at radius 3 is 2.80 bits per heavy atom. The van der Waals surface area contributed by atoms with Crippen molar-refractivity contribution in [1.29, 1.82) is 0 Å². The summed E-state index contributed by atoms with van der Waals surface area (Å²) < 4.78 is 5.79. The second-order valence-corrected chi connectivity index (χ2v) is 4.88. The van der Waals surface area contributed by atoms with E-state index in [1.54, 1.807) is 0 Å². The predicted octanol–water partition coefficient (Wildman–Crippen LogP) is 1.63. The number of carbonyl (C=O) groups excluding carboxylic acids is 1. The van der Waals surface area contributed by atoms with Crippen LogP contribution in [0.5, 0.6) is 5.75 Å². The number of nitrogens with zero attached hydrogens (tertiary/aromatic N) is 1. The molecule has 1 N–H and O–H groups in total. The molecule has 0 heterocycles. The molecule has 0 aliphatic carbocycles. The number of hydrogen-bond donors (Lipinski definition) is 1. The van der Waals surface area contributed by atoms with Crippen LogP contribution in [0.1, 0.15) is 24.5 Å². The molecule has 4 nitrogen and oxygen atoms in total. The molecule has 0 saturated heterocycles. The first-order chi connectivity index (χ1) is 9.52. The van der Waals surface area contributed by atoms with Crippen LogP contribution in [0.15, 0.2) is 18.2 Å². The first kappa shape index (κ1) is 16.1. The Balaban J connectivity index is 2.68. The van der Waals surface area contributed by atoms with Crippen LogP contribution < -0.4 is 10.1 Å². The van der Waals surface area contributed by atoms with E-state index in [-0.39, 0.29) is 5.91 Å². The number of hydrogen-bond acceptors (Lipinski definition) is 3. The molecule has 20 heavy (non-hydrogen) atoms. The Morgan fingerprint density at radius 1 is 1.45 bits per heavy atom. The van der Waals surface area contributed by atoms with E-state index >= 15 is 0 Å². The maximum absolute atomic E-state index is 11.0. The van der Waals surface area contributed by atoms with Gasteiger partial charge in [0.25, 0.3) is 0 Å². The molecule has 0 bridgehead atoms. The quantitative estimate of drug-likeness (QED) is 0.607. The highest BCUT2D eigenvalue weighted by Crippen LogP contribution is 2.20. The third-order valence-electron chi connectivity index (χ3n) is 2.77. The maximum Gasteiger partial charge on any atom is 0.217 e. The van der Waals surface area contributed by atoms with Crippen LogP contribution in [0.3, 0.4) is 0 Å². The minimum Gasteiger partial charge on any atom is -0.493 e. The average molecular weight is 274 g/mol. The molecule has 0 unspecified atom stereocenters. The van der Waals surface area contributed by atoms with Gasteiger partial charge in [-0.25, -0.2) is 0 Å². The third-order valence-corrected chi connectivity index (χ3v) is 2.77. The van der Waals surface area contributed by atoms with Gasteiger partial charge in [0.05, 0.1) is 6.61 Å². The molecular formula is C16H22N2O2. The Kier molecular flexibility index (Phi) is 6.61. The van der Waals surface area contributed by atoms with Crippen molar-refractivity contribution in [1.82, 2.24) is 10.2 Å². The summed E-state index contributed by atoms with van der Waals surface area (Å²) in [6.45, 7) is 3.53. The minimum atomic E-state index is -0.0652. The summed E-state index contributed by atoms with van der Waals surface area (Å²) in [7, 11) is 4.06. The highest BCUT2D eigenvalue weighted by Gasteiger charge is 2.06. The lowest BCUT2D eigenvalue weighted by atomic mass is 10.1. The van der Waals surface area contributed by atoms with Gasteiger partial charge in [-0.05, 0) is 32.6 Å². The lowest BCUT2D eigenvalue weighted by molar-refractivity contribution is -0.119. The van der Waals surface area contributed by atoms with Crippen molar-refractivity contribution >= 4 is 5.91 Å². The van der Waals surface area contributed by atoms with E-state index in [1.165, 1.54) is 6.92 Å². The van der Waals surface area contributed by atoms with Crippen LogP contribution in [-0.2, 0) is 11.3 Å². The van der Waals surface area contributed by atoms with Crippen molar-refractivity contribution in [2.75, 3.05) is 27.2 Å². The Bertz CT molecular complexity index is 490. The molecule has 1 amide bonds. The molecule has 0 radical (unpaired) electrons. The summed E-state index contributed by atoms with van der Waals surface area (Å²) >= 11 is 0. The number of amides is 1. The van der Waals surface area contributed by atoms with Crippen LogP contribution in [0.2, 0.25) is 0 Å². The summed E-state index contributed by atoms with van der Waals surface area (Å²) in [6, 6.07) is 5.59. The summed E-state index contributed by atoms with van der Waals surface area (Å²) in [5, 5.41) is 2.77. The van der Waals surface area contributed by atoms with Gasteiger partial charge in [0.2, 0.25) is 5.91 Å². The number of rotatable bonds is 7. The van der Waals surface area contributed by atoms with Gasteiger partial charge in [-0.15, -0.1) is 6.42 Å². The summed E-state index contributed by atoms with van der Waals surface area (Å²) in [5.41, 5.74) is 1.71. The van der Waals surface area contributed by atoms with Gasteiger partial charge >= 0.3 is 0 Å². The largest absolute Gasteiger partial charge is 0.493 e. The fourth-order valence-electron chi connectivity index (χ4n) is 1.71. The first-order valence-corrected chi connectivity index (χ1v) is 6.64. The third kappa shape index (κ3) is 5.77. The Hall–Kier alpha value is -1.99. The summed E-state index contributed by atoms with van der Waals surface area (Å²) in [4.78, 5) is 13.1. The lowest BCUT2D eigenvalue weighted by Gasteiger charge is -2.14. The highest BCUT2D eigenvalue weighted by molar-refractivity contribution is 5.72. The van der Waals surface area contributed by atoms with E-state index in [0.29, 0.717) is 13.2 Å². The maximum atomic E-state index is 11.0. The molecular weight excluding hydrogens is 252 g/mol. The summed E-state index contributed by atoms with van der Waals surface area (Å²) in [6.07, 6.45) is 6.34.